The van der Waals surface area contributed by atoms with Gasteiger partial charge in [-0.25, -0.2) is 9.59 Å². The second-order valence-electron chi connectivity index (χ2n) is 3.68. The molecule has 0 aliphatic rings. The molecule has 0 spiro atoms. The van der Waals surface area contributed by atoms with Gasteiger partial charge in [0.1, 0.15) is 12.6 Å². The number of ether oxygens (including phenoxy) is 1. The number of likely N-dealkylation sites (N-methyl/N-ethyl adjacent to an activating group) is 1. The number of carboxylic acid groups (broad SMARTS) is 1. The van der Waals surface area contributed by atoms with Gasteiger partial charge in [0, 0.05) is 6.54 Å². The van der Waals surface area contributed by atoms with E-state index in [0.29, 0.717) is 0 Å². The summed E-state index contributed by atoms with van der Waals surface area (Å²) in [6.45, 7) is 7.06. The van der Waals surface area contributed by atoms with Crippen LogP contribution < -0.4 is 5.32 Å². The van der Waals surface area contributed by atoms with Crippen LogP contribution in [0, 0.1) is 0 Å². The molecule has 0 radical (unpaired) electrons. The third-order valence-corrected chi connectivity index (χ3v) is 2.29. The van der Waals surface area contributed by atoms with Crippen LogP contribution in [0.25, 0.3) is 0 Å². The average Bonchev–Trinajstić information content (AvgIpc) is 2.35. The van der Waals surface area contributed by atoms with Gasteiger partial charge in [0.2, 0.25) is 0 Å². The molecule has 2 amide bonds. The predicted octanol–water partition coefficient (Wildman–Crippen LogP) is 0.610. The predicted molar refractivity (Wildman–Crippen MR) is 68.6 cm³/mol. The van der Waals surface area contributed by atoms with Crippen LogP contribution in [0.5, 0.6) is 0 Å². The van der Waals surface area contributed by atoms with E-state index in [4.69, 9.17) is 9.84 Å². The number of amides is 2. The van der Waals surface area contributed by atoms with Crippen molar-refractivity contribution in [1.82, 2.24) is 10.2 Å². The van der Waals surface area contributed by atoms with E-state index in [1.807, 2.05) is 0 Å². The molecule has 19 heavy (non-hydrogen) atoms. The van der Waals surface area contributed by atoms with E-state index >= 15 is 0 Å². The van der Waals surface area contributed by atoms with Crippen molar-refractivity contribution in [2.75, 3.05) is 19.7 Å². The quantitative estimate of drug-likeness (QED) is 0.498. The van der Waals surface area contributed by atoms with Crippen LogP contribution in [0.3, 0.4) is 0 Å². The number of carboxylic acids is 1. The number of urea groups is 1. The van der Waals surface area contributed by atoms with Gasteiger partial charge in [0.25, 0.3) is 0 Å². The summed E-state index contributed by atoms with van der Waals surface area (Å²) in [5.41, 5.74) is 0. The second-order valence-corrected chi connectivity index (χ2v) is 3.68. The Morgan fingerprint density at radius 1 is 1.42 bits per heavy atom. The largest absolute Gasteiger partial charge is 0.480 e. The molecule has 2 N–H and O–H groups in total. The highest BCUT2D eigenvalue weighted by molar-refractivity contribution is 5.85. The maximum Gasteiger partial charge on any atom is 0.326 e. The number of aliphatic carboxylic acids is 1. The van der Waals surface area contributed by atoms with E-state index in [0.717, 1.165) is 0 Å². The Balaban J connectivity index is 4.52. The first-order valence-electron chi connectivity index (χ1n) is 6.00. The van der Waals surface area contributed by atoms with Crippen LogP contribution in [0.2, 0.25) is 0 Å². The van der Waals surface area contributed by atoms with Crippen LogP contribution in [0.1, 0.15) is 20.3 Å². The van der Waals surface area contributed by atoms with E-state index in [-0.39, 0.29) is 26.1 Å². The van der Waals surface area contributed by atoms with E-state index in [1.165, 1.54) is 11.0 Å². The molecule has 0 aliphatic heterocycles. The lowest BCUT2D eigenvalue weighted by Crippen LogP contribution is -2.49. The van der Waals surface area contributed by atoms with Crippen molar-refractivity contribution in [3.8, 4) is 0 Å². The van der Waals surface area contributed by atoms with Crippen molar-refractivity contribution in [1.29, 1.82) is 0 Å². The molecular formula is C12H20N2O5. The van der Waals surface area contributed by atoms with Crippen LogP contribution in [-0.2, 0) is 14.3 Å². The minimum absolute atomic E-state index is 0.109. The smallest absolute Gasteiger partial charge is 0.326 e. The number of carbonyl (C=O) groups is 3. The van der Waals surface area contributed by atoms with Crippen LogP contribution >= 0.6 is 0 Å². The van der Waals surface area contributed by atoms with Crippen molar-refractivity contribution in [2.24, 2.45) is 0 Å². The van der Waals surface area contributed by atoms with Gasteiger partial charge in [0.15, 0.2) is 0 Å². The number of nitrogens with one attached hydrogen (secondary N) is 1. The number of rotatable bonds is 8. The lowest BCUT2D eigenvalue weighted by atomic mass is 10.2. The molecule has 0 fully saturated rings. The molecule has 0 aliphatic carbocycles. The third kappa shape index (κ3) is 6.44. The average molecular weight is 272 g/mol. The normalized spacial score (nSPS) is 11.3. The zero-order valence-electron chi connectivity index (χ0n) is 11.2. The third-order valence-electron chi connectivity index (χ3n) is 2.29. The molecule has 0 heterocycles. The maximum absolute atomic E-state index is 11.8. The lowest BCUT2D eigenvalue weighted by Gasteiger charge is -2.22. The fourth-order valence-corrected chi connectivity index (χ4v) is 1.32. The summed E-state index contributed by atoms with van der Waals surface area (Å²) in [5.74, 6) is -1.68. The van der Waals surface area contributed by atoms with Crippen molar-refractivity contribution in [3.05, 3.63) is 12.7 Å². The standard InChI is InChI=1S/C12H20N2O5/c1-4-7-9(11(16)17)13-12(18)14(5-2)8-10(15)19-6-3/h4,9H,1,5-8H2,2-3H3,(H,13,18)(H,16,17). The molecule has 0 rings (SSSR count). The SMILES string of the molecule is C=CCC(NC(=O)N(CC)CC(=O)OCC)C(=O)O. The second kappa shape index (κ2) is 8.96. The molecule has 0 aromatic heterocycles. The van der Waals surface area contributed by atoms with Crippen molar-refractivity contribution >= 4 is 18.0 Å². The molecule has 0 saturated carbocycles. The molecule has 0 bridgehead atoms. The molecule has 0 saturated heterocycles. The minimum atomic E-state index is -1.15. The zero-order chi connectivity index (χ0) is 14.8. The van der Waals surface area contributed by atoms with Gasteiger partial charge in [0.05, 0.1) is 6.61 Å². The van der Waals surface area contributed by atoms with Gasteiger partial charge in [-0.1, -0.05) is 6.08 Å². The van der Waals surface area contributed by atoms with E-state index in [2.05, 4.69) is 11.9 Å². The fraction of sp³-hybridized carbons (Fsp3) is 0.583. The van der Waals surface area contributed by atoms with Gasteiger partial charge in [-0.15, -0.1) is 6.58 Å². The highest BCUT2D eigenvalue weighted by Crippen LogP contribution is 1.97. The summed E-state index contributed by atoms with van der Waals surface area (Å²) in [7, 11) is 0. The number of hydrogen-bond donors (Lipinski definition) is 2. The highest BCUT2D eigenvalue weighted by Gasteiger charge is 2.22. The van der Waals surface area contributed by atoms with Gasteiger partial charge >= 0.3 is 18.0 Å². The molecule has 7 heteroatoms. The van der Waals surface area contributed by atoms with Gasteiger partial charge in [-0.05, 0) is 20.3 Å². The van der Waals surface area contributed by atoms with Crippen molar-refractivity contribution in [2.45, 2.75) is 26.3 Å². The Labute approximate surface area is 112 Å². The Morgan fingerprint density at radius 2 is 2.05 bits per heavy atom. The molecule has 7 nitrogen and oxygen atoms in total. The van der Waals surface area contributed by atoms with Gasteiger partial charge in [-0.2, -0.15) is 0 Å². The number of nitrogens with zero attached hydrogens (tertiary/aromatic N) is 1. The Bertz CT molecular complexity index is 343. The monoisotopic (exact) mass is 272 g/mol. The number of carbonyl (C=O) groups excluding carboxylic acids is 2. The Kier molecular flexibility index (Phi) is 7.99. The van der Waals surface area contributed by atoms with Crippen LogP contribution in [-0.4, -0.2) is 53.7 Å². The summed E-state index contributed by atoms with van der Waals surface area (Å²) in [6, 6.07) is -1.67. The first-order chi connectivity index (χ1) is 8.96. The van der Waals surface area contributed by atoms with E-state index in [1.54, 1.807) is 13.8 Å². The summed E-state index contributed by atoms with van der Waals surface area (Å²) in [4.78, 5) is 35.2. The molecule has 0 aromatic carbocycles. The number of esters is 1. The minimum Gasteiger partial charge on any atom is -0.480 e. The summed E-state index contributed by atoms with van der Waals surface area (Å²) in [6.07, 6.45) is 1.51. The first-order valence-corrected chi connectivity index (χ1v) is 6.00. The Hall–Kier alpha value is -2.05. The summed E-state index contributed by atoms with van der Waals surface area (Å²) < 4.78 is 4.73. The first kappa shape index (κ1) is 16.9. The Morgan fingerprint density at radius 3 is 2.47 bits per heavy atom. The van der Waals surface area contributed by atoms with Crippen molar-refractivity contribution < 1.29 is 24.2 Å². The van der Waals surface area contributed by atoms with E-state index < -0.39 is 24.0 Å². The lowest BCUT2D eigenvalue weighted by molar-refractivity contribution is -0.143. The topological polar surface area (TPSA) is 95.9 Å². The van der Waals surface area contributed by atoms with Gasteiger partial charge < -0.3 is 20.1 Å². The summed E-state index contributed by atoms with van der Waals surface area (Å²) >= 11 is 0. The van der Waals surface area contributed by atoms with Crippen LogP contribution in [0.4, 0.5) is 4.79 Å². The molecule has 0 aromatic rings. The highest BCUT2D eigenvalue weighted by atomic mass is 16.5. The summed E-state index contributed by atoms with van der Waals surface area (Å²) in [5, 5.41) is 11.2. The number of hydrogen-bond acceptors (Lipinski definition) is 4. The molecule has 1 atom stereocenters. The fourth-order valence-electron chi connectivity index (χ4n) is 1.32. The molecular weight excluding hydrogens is 252 g/mol. The van der Waals surface area contributed by atoms with Crippen molar-refractivity contribution in [3.63, 3.8) is 0 Å². The zero-order valence-corrected chi connectivity index (χ0v) is 11.2. The molecule has 108 valence electrons. The van der Waals surface area contributed by atoms with Crippen LogP contribution in [0.15, 0.2) is 12.7 Å². The molecule has 1 unspecified atom stereocenters. The van der Waals surface area contributed by atoms with Gasteiger partial charge in [-0.3, -0.25) is 4.79 Å². The maximum atomic E-state index is 11.8. The van der Waals surface area contributed by atoms with E-state index in [9.17, 15) is 14.4 Å².